The monoisotopic (exact) mass is 360 g/mol. The summed E-state index contributed by atoms with van der Waals surface area (Å²) in [6, 6.07) is 19.4. The zero-order valence-electron chi connectivity index (χ0n) is 15.2. The summed E-state index contributed by atoms with van der Waals surface area (Å²) in [4.78, 5) is 12.3. The quantitative estimate of drug-likeness (QED) is 0.528. The Hall–Kier alpha value is -3.47. The van der Waals surface area contributed by atoms with Crippen molar-refractivity contribution in [2.75, 3.05) is 24.3 Å². The van der Waals surface area contributed by atoms with Crippen molar-refractivity contribution < 1.29 is 13.9 Å². The van der Waals surface area contributed by atoms with Crippen molar-refractivity contribution >= 4 is 39.2 Å². The van der Waals surface area contributed by atoms with Gasteiger partial charge in [0.15, 0.2) is 0 Å². The molecule has 2 N–H and O–H groups in total. The third kappa shape index (κ3) is 3.44. The van der Waals surface area contributed by atoms with Crippen LogP contribution >= 0.6 is 0 Å². The number of para-hydroxylation sites is 1. The number of carbonyl (C=O) groups excluding carboxylic acids is 1. The van der Waals surface area contributed by atoms with Crippen LogP contribution in [0, 0.1) is 6.92 Å². The van der Waals surface area contributed by atoms with E-state index in [9.17, 15) is 4.79 Å². The summed E-state index contributed by atoms with van der Waals surface area (Å²) >= 11 is 0. The van der Waals surface area contributed by atoms with Gasteiger partial charge in [-0.3, -0.25) is 4.79 Å². The van der Waals surface area contributed by atoms with E-state index in [-0.39, 0.29) is 12.5 Å². The molecule has 0 atom stereocenters. The van der Waals surface area contributed by atoms with Crippen LogP contribution < -0.4 is 15.4 Å². The van der Waals surface area contributed by atoms with Crippen molar-refractivity contribution in [2.45, 2.75) is 6.92 Å². The summed E-state index contributed by atoms with van der Waals surface area (Å²) < 4.78 is 11.4. The first kappa shape index (κ1) is 17.0. The predicted molar refractivity (Wildman–Crippen MR) is 109 cm³/mol. The van der Waals surface area contributed by atoms with Gasteiger partial charge in [0, 0.05) is 22.5 Å². The lowest BCUT2D eigenvalue weighted by Crippen LogP contribution is -2.22. The first-order valence-corrected chi connectivity index (χ1v) is 8.74. The molecule has 5 nitrogen and oxygen atoms in total. The minimum Gasteiger partial charge on any atom is -0.495 e. The summed E-state index contributed by atoms with van der Waals surface area (Å²) in [7, 11) is 1.61. The fraction of sp³-hybridized carbons (Fsp3) is 0.136. The van der Waals surface area contributed by atoms with Gasteiger partial charge in [-0.1, -0.05) is 30.3 Å². The molecule has 0 aliphatic carbocycles. The zero-order valence-corrected chi connectivity index (χ0v) is 15.2. The molecular formula is C22H20N2O3. The van der Waals surface area contributed by atoms with Gasteiger partial charge in [-0.15, -0.1) is 0 Å². The topological polar surface area (TPSA) is 63.5 Å². The third-order valence-electron chi connectivity index (χ3n) is 4.44. The Morgan fingerprint density at radius 1 is 1.00 bits per heavy atom. The fourth-order valence-corrected chi connectivity index (χ4v) is 3.16. The summed E-state index contributed by atoms with van der Waals surface area (Å²) in [6.45, 7) is 2.11. The van der Waals surface area contributed by atoms with Crippen LogP contribution in [0.4, 0.5) is 11.4 Å². The molecule has 0 saturated heterocycles. The van der Waals surface area contributed by atoms with Gasteiger partial charge < -0.3 is 19.8 Å². The van der Waals surface area contributed by atoms with Gasteiger partial charge in [0.25, 0.3) is 0 Å². The summed E-state index contributed by atoms with van der Waals surface area (Å²) in [5, 5.41) is 8.04. The maximum Gasteiger partial charge on any atom is 0.243 e. The molecule has 27 heavy (non-hydrogen) atoms. The smallest absolute Gasteiger partial charge is 0.243 e. The van der Waals surface area contributed by atoms with Crippen molar-refractivity contribution in [1.82, 2.24) is 0 Å². The molecule has 136 valence electrons. The molecular weight excluding hydrogens is 340 g/mol. The fourth-order valence-electron chi connectivity index (χ4n) is 3.16. The standard InChI is InChI=1S/C22H20N2O3/c1-14-6-5-7-15(10-14)24-22(25)13-23-18-12-20-17(11-21(18)26-2)16-8-3-4-9-19(16)27-20/h3-12,23H,13H2,1-2H3,(H,24,25). The van der Waals surface area contributed by atoms with Crippen molar-refractivity contribution in [3.8, 4) is 5.75 Å². The molecule has 0 aliphatic rings. The normalized spacial score (nSPS) is 10.9. The lowest BCUT2D eigenvalue weighted by Gasteiger charge is -2.12. The zero-order chi connectivity index (χ0) is 18.8. The highest BCUT2D eigenvalue weighted by atomic mass is 16.5. The number of anilines is 2. The maximum atomic E-state index is 12.3. The summed E-state index contributed by atoms with van der Waals surface area (Å²) in [6.07, 6.45) is 0. The van der Waals surface area contributed by atoms with Crippen LogP contribution in [-0.2, 0) is 4.79 Å². The van der Waals surface area contributed by atoms with Gasteiger partial charge in [-0.2, -0.15) is 0 Å². The number of amides is 1. The van der Waals surface area contributed by atoms with Gasteiger partial charge in [0.05, 0.1) is 19.3 Å². The number of ether oxygens (including phenoxy) is 1. The molecule has 0 fully saturated rings. The molecule has 0 spiro atoms. The van der Waals surface area contributed by atoms with Crippen LogP contribution in [0.3, 0.4) is 0 Å². The van der Waals surface area contributed by atoms with Crippen LogP contribution in [0.1, 0.15) is 5.56 Å². The molecule has 4 aromatic rings. The Morgan fingerprint density at radius 3 is 2.67 bits per heavy atom. The number of hydrogen-bond donors (Lipinski definition) is 2. The van der Waals surface area contributed by atoms with Gasteiger partial charge in [0.1, 0.15) is 16.9 Å². The van der Waals surface area contributed by atoms with E-state index < -0.39 is 0 Å². The van der Waals surface area contributed by atoms with Gasteiger partial charge in [0.2, 0.25) is 5.91 Å². The number of furan rings is 1. The van der Waals surface area contributed by atoms with E-state index in [0.29, 0.717) is 11.4 Å². The van der Waals surface area contributed by atoms with Crippen LogP contribution in [0.2, 0.25) is 0 Å². The van der Waals surface area contributed by atoms with E-state index in [4.69, 9.17) is 9.15 Å². The Balaban J connectivity index is 1.55. The Kier molecular flexibility index (Phi) is 4.42. The average molecular weight is 360 g/mol. The number of benzene rings is 3. The molecule has 0 aliphatic heterocycles. The number of rotatable bonds is 5. The number of fused-ring (bicyclic) bond motifs is 3. The second-order valence-corrected chi connectivity index (χ2v) is 6.42. The molecule has 1 heterocycles. The van der Waals surface area contributed by atoms with Crippen LogP contribution in [0.15, 0.2) is 65.1 Å². The Labute approximate surface area is 156 Å². The SMILES string of the molecule is COc1cc2c(cc1NCC(=O)Nc1cccc(C)c1)oc1ccccc12. The molecule has 5 heteroatoms. The molecule has 4 rings (SSSR count). The molecule has 0 bridgehead atoms. The van der Waals surface area contributed by atoms with E-state index in [0.717, 1.165) is 33.2 Å². The molecule has 3 aromatic carbocycles. The highest BCUT2D eigenvalue weighted by Gasteiger charge is 2.13. The summed E-state index contributed by atoms with van der Waals surface area (Å²) in [5.74, 6) is 0.532. The number of aryl methyl sites for hydroxylation is 1. The second kappa shape index (κ2) is 7.03. The van der Waals surface area contributed by atoms with Gasteiger partial charge in [-0.05, 0) is 36.8 Å². The molecule has 0 radical (unpaired) electrons. The van der Waals surface area contributed by atoms with E-state index in [1.807, 2.05) is 67.6 Å². The largest absolute Gasteiger partial charge is 0.495 e. The van der Waals surface area contributed by atoms with Crippen molar-refractivity contribution in [1.29, 1.82) is 0 Å². The predicted octanol–water partition coefficient (Wildman–Crippen LogP) is 4.95. The number of hydrogen-bond acceptors (Lipinski definition) is 4. The average Bonchev–Trinajstić information content (AvgIpc) is 3.03. The van der Waals surface area contributed by atoms with Crippen molar-refractivity contribution in [3.63, 3.8) is 0 Å². The van der Waals surface area contributed by atoms with Gasteiger partial charge in [-0.25, -0.2) is 0 Å². The van der Waals surface area contributed by atoms with E-state index in [1.165, 1.54) is 0 Å². The highest BCUT2D eigenvalue weighted by molar-refractivity contribution is 6.06. The molecule has 0 unspecified atom stereocenters. The number of carbonyl (C=O) groups is 1. The molecule has 1 amide bonds. The van der Waals surface area contributed by atoms with E-state index in [2.05, 4.69) is 10.6 Å². The lowest BCUT2D eigenvalue weighted by molar-refractivity contribution is -0.114. The highest BCUT2D eigenvalue weighted by Crippen LogP contribution is 2.36. The Morgan fingerprint density at radius 2 is 1.85 bits per heavy atom. The minimum atomic E-state index is -0.132. The van der Waals surface area contributed by atoms with Crippen LogP contribution in [0.5, 0.6) is 5.75 Å². The third-order valence-corrected chi connectivity index (χ3v) is 4.44. The second-order valence-electron chi connectivity index (χ2n) is 6.42. The number of methoxy groups -OCH3 is 1. The molecule has 0 saturated carbocycles. The Bertz CT molecular complexity index is 1130. The first-order valence-electron chi connectivity index (χ1n) is 8.74. The van der Waals surface area contributed by atoms with Crippen molar-refractivity contribution in [2.24, 2.45) is 0 Å². The van der Waals surface area contributed by atoms with Gasteiger partial charge >= 0.3 is 0 Å². The lowest BCUT2D eigenvalue weighted by atomic mass is 10.1. The maximum absolute atomic E-state index is 12.3. The van der Waals surface area contributed by atoms with E-state index in [1.54, 1.807) is 7.11 Å². The summed E-state index contributed by atoms with van der Waals surface area (Å²) in [5.41, 5.74) is 4.16. The van der Waals surface area contributed by atoms with E-state index >= 15 is 0 Å². The molecule has 1 aromatic heterocycles. The van der Waals surface area contributed by atoms with Crippen LogP contribution in [0.25, 0.3) is 21.9 Å². The van der Waals surface area contributed by atoms with Crippen LogP contribution in [-0.4, -0.2) is 19.6 Å². The minimum absolute atomic E-state index is 0.121. The number of nitrogens with one attached hydrogen (secondary N) is 2. The van der Waals surface area contributed by atoms with Crippen molar-refractivity contribution in [3.05, 3.63) is 66.2 Å². The first-order chi connectivity index (χ1) is 13.1.